The van der Waals surface area contributed by atoms with Gasteiger partial charge in [-0.2, -0.15) is 0 Å². The Balaban J connectivity index is 1.38. The van der Waals surface area contributed by atoms with Crippen molar-refractivity contribution in [3.63, 3.8) is 0 Å². The molecule has 1 aromatic carbocycles. The van der Waals surface area contributed by atoms with Crippen LogP contribution in [0.25, 0.3) is 0 Å². The molecule has 0 saturated carbocycles. The summed E-state index contributed by atoms with van der Waals surface area (Å²) in [6.45, 7) is 0.819. The number of aliphatic hydroxyl groups excluding tert-OH is 1. The predicted octanol–water partition coefficient (Wildman–Crippen LogP) is 0.956. The molecular formula is C23H24N4O4. The highest BCUT2D eigenvalue weighted by Crippen LogP contribution is 2.53. The minimum Gasteiger partial charge on any atom is -0.396 e. The van der Waals surface area contributed by atoms with E-state index in [1.807, 2.05) is 36.4 Å². The Kier molecular flexibility index (Phi) is 4.83. The third-order valence-electron chi connectivity index (χ3n) is 6.45. The lowest BCUT2D eigenvalue weighted by molar-refractivity contribution is -0.139. The zero-order valence-corrected chi connectivity index (χ0v) is 17.2. The van der Waals surface area contributed by atoms with E-state index < -0.39 is 17.4 Å². The first-order chi connectivity index (χ1) is 15.0. The summed E-state index contributed by atoms with van der Waals surface area (Å²) in [5, 5.41) is 9.11. The van der Waals surface area contributed by atoms with Crippen LogP contribution in [0.3, 0.4) is 0 Å². The van der Waals surface area contributed by atoms with Crippen molar-refractivity contribution in [1.82, 2.24) is 14.9 Å². The van der Waals surface area contributed by atoms with Gasteiger partial charge in [-0.25, -0.2) is 9.97 Å². The Morgan fingerprint density at radius 3 is 2.84 bits per heavy atom. The first-order valence-electron chi connectivity index (χ1n) is 10.4. The molecule has 1 spiro atoms. The minimum absolute atomic E-state index is 0.0829. The molecule has 3 aliphatic heterocycles. The van der Waals surface area contributed by atoms with Crippen LogP contribution in [0.4, 0.5) is 5.69 Å². The van der Waals surface area contributed by atoms with E-state index in [9.17, 15) is 9.59 Å². The molecule has 1 N–H and O–H groups in total. The van der Waals surface area contributed by atoms with E-state index in [2.05, 4.69) is 9.97 Å². The number of anilines is 1. The Hall–Kier alpha value is -3.10. The maximum atomic E-state index is 13.5. The number of hydrogen-bond donors (Lipinski definition) is 1. The molecule has 2 fully saturated rings. The quantitative estimate of drug-likeness (QED) is 0.700. The summed E-state index contributed by atoms with van der Waals surface area (Å²) in [5.41, 5.74) is 1.76. The number of rotatable bonds is 6. The fraction of sp³-hybridized carbons (Fsp3) is 0.391. The van der Waals surface area contributed by atoms with Gasteiger partial charge in [-0.05, 0) is 30.2 Å². The fourth-order valence-electron chi connectivity index (χ4n) is 4.96. The topological polar surface area (TPSA) is 95.9 Å². The van der Waals surface area contributed by atoms with E-state index >= 15 is 0 Å². The van der Waals surface area contributed by atoms with Gasteiger partial charge in [-0.1, -0.05) is 24.3 Å². The Morgan fingerprint density at radius 2 is 2.13 bits per heavy atom. The van der Waals surface area contributed by atoms with Crippen molar-refractivity contribution >= 4 is 17.5 Å². The molecule has 2 bridgehead atoms. The van der Waals surface area contributed by atoms with Gasteiger partial charge in [0.1, 0.15) is 11.9 Å². The number of aromatic nitrogens is 2. The predicted molar refractivity (Wildman–Crippen MR) is 112 cm³/mol. The number of aliphatic hydroxyl groups is 1. The van der Waals surface area contributed by atoms with Crippen LogP contribution >= 0.6 is 0 Å². The van der Waals surface area contributed by atoms with Crippen LogP contribution in [0.2, 0.25) is 0 Å². The summed E-state index contributed by atoms with van der Waals surface area (Å²) in [6.07, 6.45) is 7.15. The monoisotopic (exact) mass is 420 g/mol. The Bertz CT molecular complexity index is 1030. The van der Waals surface area contributed by atoms with Gasteiger partial charge in [0.25, 0.3) is 0 Å². The first-order valence-corrected chi connectivity index (χ1v) is 10.4. The molecule has 160 valence electrons. The number of fused-ring (bicyclic) bond motifs is 1. The Labute approximate surface area is 180 Å². The van der Waals surface area contributed by atoms with Gasteiger partial charge in [0.15, 0.2) is 0 Å². The summed E-state index contributed by atoms with van der Waals surface area (Å²) >= 11 is 0. The van der Waals surface area contributed by atoms with Crippen molar-refractivity contribution in [2.45, 2.75) is 24.7 Å². The molecule has 0 aliphatic carbocycles. The minimum atomic E-state index is -0.762. The molecule has 3 aliphatic rings. The first kappa shape index (κ1) is 19.8. The molecule has 0 unspecified atom stereocenters. The average molecular weight is 420 g/mol. The summed E-state index contributed by atoms with van der Waals surface area (Å²) < 4.78 is 6.22. The van der Waals surface area contributed by atoms with Crippen LogP contribution in [0, 0.1) is 11.8 Å². The third-order valence-corrected chi connectivity index (χ3v) is 6.45. The van der Waals surface area contributed by atoms with Crippen molar-refractivity contribution < 1.29 is 19.4 Å². The number of carbonyl (C=O) groups is 2. The smallest absolute Gasteiger partial charge is 0.234 e. The van der Waals surface area contributed by atoms with E-state index in [4.69, 9.17) is 9.84 Å². The van der Waals surface area contributed by atoms with Crippen molar-refractivity contribution in [2.24, 2.45) is 11.8 Å². The second kappa shape index (κ2) is 7.55. The number of amides is 2. The van der Waals surface area contributed by atoms with Crippen molar-refractivity contribution in [2.75, 3.05) is 25.1 Å². The SMILES string of the molecule is CN(Cc1ccncn1)C(=O)[C@@H]1[C@@H]2C=C[C@@]3(CN(c4ccc(CCO)cc4)C(=O)[C@H]13)O2. The van der Waals surface area contributed by atoms with E-state index in [0.29, 0.717) is 19.5 Å². The van der Waals surface area contributed by atoms with Crippen LogP contribution in [0.15, 0.2) is 55.0 Å². The molecule has 4 heterocycles. The lowest BCUT2D eigenvalue weighted by Gasteiger charge is -2.27. The van der Waals surface area contributed by atoms with Crippen molar-refractivity contribution in [3.8, 4) is 0 Å². The van der Waals surface area contributed by atoms with E-state index in [1.165, 1.54) is 6.33 Å². The summed E-state index contributed by atoms with van der Waals surface area (Å²) in [4.78, 5) is 38.2. The normalized spacial score (nSPS) is 28.3. The van der Waals surface area contributed by atoms with Crippen molar-refractivity contribution in [1.29, 1.82) is 0 Å². The second-order valence-electron chi connectivity index (χ2n) is 8.36. The number of hydrogen-bond acceptors (Lipinski definition) is 6. The van der Waals surface area contributed by atoms with Gasteiger partial charge >= 0.3 is 0 Å². The lowest BCUT2D eigenvalue weighted by Crippen LogP contribution is -2.44. The largest absolute Gasteiger partial charge is 0.396 e. The highest BCUT2D eigenvalue weighted by atomic mass is 16.5. The molecule has 4 atom stereocenters. The summed E-state index contributed by atoms with van der Waals surface area (Å²) in [7, 11) is 1.73. The summed E-state index contributed by atoms with van der Waals surface area (Å²) in [5.74, 6) is -1.30. The van der Waals surface area contributed by atoms with Crippen molar-refractivity contribution in [3.05, 3.63) is 66.3 Å². The molecule has 31 heavy (non-hydrogen) atoms. The number of benzene rings is 1. The molecule has 1 aromatic heterocycles. The number of nitrogens with zero attached hydrogens (tertiary/aromatic N) is 4. The molecule has 0 radical (unpaired) electrons. The highest BCUT2D eigenvalue weighted by Gasteiger charge is 2.67. The van der Waals surface area contributed by atoms with E-state index in [1.54, 1.807) is 29.1 Å². The van der Waals surface area contributed by atoms with Gasteiger partial charge < -0.3 is 19.6 Å². The maximum absolute atomic E-state index is 13.5. The molecule has 8 nitrogen and oxygen atoms in total. The zero-order chi connectivity index (χ0) is 21.6. The lowest BCUT2D eigenvalue weighted by atomic mass is 9.76. The molecule has 2 amide bonds. The molecule has 2 saturated heterocycles. The number of carbonyl (C=O) groups excluding carboxylic acids is 2. The molecule has 5 rings (SSSR count). The van der Waals surface area contributed by atoms with Crippen LogP contribution < -0.4 is 4.90 Å². The maximum Gasteiger partial charge on any atom is 0.234 e. The van der Waals surface area contributed by atoms with Gasteiger partial charge in [-0.3, -0.25) is 9.59 Å². The van der Waals surface area contributed by atoms with Crippen LogP contribution in [-0.4, -0.2) is 63.7 Å². The van der Waals surface area contributed by atoms with Crippen LogP contribution in [0.1, 0.15) is 11.3 Å². The van der Waals surface area contributed by atoms with Gasteiger partial charge in [0, 0.05) is 25.5 Å². The van der Waals surface area contributed by atoms with Gasteiger partial charge in [-0.15, -0.1) is 0 Å². The van der Waals surface area contributed by atoms with E-state index in [-0.39, 0.29) is 24.5 Å². The van der Waals surface area contributed by atoms with Gasteiger partial charge in [0.2, 0.25) is 11.8 Å². The van der Waals surface area contributed by atoms with Gasteiger partial charge in [0.05, 0.1) is 36.7 Å². The molecule has 2 aromatic rings. The second-order valence-corrected chi connectivity index (χ2v) is 8.36. The standard InChI is InChI=1S/C23H24N4O4/c1-26(12-16-7-10-24-14-25-16)21(29)19-18-6-9-23(31-18)13-27(22(30)20(19)23)17-4-2-15(3-5-17)8-11-28/h2-7,9-10,14,18-20,28H,8,11-13H2,1H3/t18-,19+,20-,23-/m0/s1. The molecule has 8 heteroatoms. The fourth-order valence-corrected chi connectivity index (χ4v) is 4.96. The van der Waals surface area contributed by atoms with Crippen LogP contribution in [0.5, 0.6) is 0 Å². The Morgan fingerprint density at radius 1 is 1.32 bits per heavy atom. The van der Waals surface area contributed by atoms with E-state index in [0.717, 1.165) is 16.9 Å². The molecular weight excluding hydrogens is 396 g/mol. The third kappa shape index (κ3) is 3.23. The van der Waals surface area contributed by atoms with Crippen LogP contribution in [-0.2, 0) is 27.3 Å². The number of ether oxygens (including phenoxy) is 1. The zero-order valence-electron chi connectivity index (χ0n) is 17.2. The summed E-state index contributed by atoms with van der Waals surface area (Å²) in [6, 6.07) is 9.36. The highest BCUT2D eigenvalue weighted by molar-refractivity contribution is 6.03. The average Bonchev–Trinajstić information content (AvgIpc) is 3.43.